The molecule has 2 aliphatic heterocycles. The predicted molar refractivity (Wildman–Crippen MR) is 103 cm³/mol. The lowest BCUT2D eigenvalue weighted by Gasteiger charge is -2.33. The Morgan fingerprint density at radius 1 is 1.19 bits per heavy atom. The first kappa shape index (κ1) is 16.4. The second-order valence-corrected chi connectivity index (χ2v) is 7.53. The molecule has 3 aromatic rings. The maximum absolute atomic E-state index is 13.0. The van der Waals surface area contributed by atoms with Crippen LogP contribution >= 0.6 is 0 Å². The van der Waals surface area contributed by atoms with Crippen LogP contribution in [-0.2, 0) is 6.42 Å². The first-order valence-corrected chi connectivity index (χ1v) is 9.65. The molecule has 0 unspecified atom stereocenters. The minimum atomic E-state index is -0.00540. The second kappa shape index (κ2) is 6.12. The molecule has 0 radical (unpaired) electrons. The van der Waals surface area contributed by atoms with Crippen LogP contribution in [0.3, 0.4) is 0 Å². The number of nitrogens with zero attached hydrogens (tertiary/aromatic N) is 3. The van der Waals surface area contributed by atoms with Crippen molar-refractivity contribution < 1.29 is 9.53 Å². The first-order chi connectivity index (χ1) is 13.1. The van der Waals surface area contributed by atoms with Crippen molar-refractivity contribution in [3.05, 3.63) is 64.6 Å². The van der Waals surface area contributed by atoms with Crippen LogP contribution in [0.25, 0.3) is 5.65 Å². The molecular formula is C22H23N3O2. The zero-order valence-corrected chi connectivity index (χ0v) is 15.7. The van der Waals surface area contributed by atoms with Crippen LogP contribution in [0.4, 0.5) is 0 Å². The van der Waals surface area contributed by atoms with Gasteiger partial charge in [-0.3, -0.25) is 4.79 Å². The number of aromatic nitrogens is 2. The average Bonchev–Trinajstić information content (AvgIpc) is 2.94. The number of amides is 1. The van der Waals surface area contributed by atoms with E-state index < -0.39 is 0 Å². The molecule has 138 valence electrons. The van der Waals surface area contributed by atoms with Gasteiger partial charge >= 0.3 is 0 Å². The number of hydrogen-bond donors (Lipinski definition) is 0. The van der Waals surface area contributed by atoms with Crippen LogP contribution in [0.1, 0.15) is 51.8 Å². The van der Waals surface area contributed by atoms with Crippen molar-refractivity contribution in [1.82, 2.24) is 14.3 Å². The molecule has 1 amide bonds. The summed E-state index contributed by atoms with van der Waals surface area (Å²) in [6, 6.07) is 10.3. The van der Waals surface area contributed by atoms with Gasteiger partial charge in [0.25, 0.3) is 5.91 Å². The van der Waals surface area contributed by atoms with Crippen molar-refractivity contribution >= 4 is 11.6 Å². The number of pyridine rings is 1. The lowest BCUT2D eigenvalue weighted by molar-refractivity contribution is 0.0647. The number of likely N-dealkylation sites (tertiary alicyclic amines) is 1. The van der Waals surface area contributed by atoms with E-state index in [-0.39, 0.29) is 12.0 Å². The van der Waals surface area contributed by atoms with Crippen LogP contribution in [0.15, 0.2) is 36.5 Å². The summed E-state index contributed by atoms with van der Waals surface area (Å²) in [6.45, 7) is 5.74. The first-order valence-electron chi connectivity index (χ1n) is 9.65. The summed E-state index contributed by atoms with van der Waals surface area (Å²) in [5, 5.41) is 0. The molecule has 0 bridgehead atoms. The lowest BCUT2D eigenvalue weighted by Crippen LogP contribution is -2.42. The van der Waals surface area contributed by atoms with Gasteiger partial charge < -0.3 is 14.0 Å². The van der Waals surface area contributed by atoms with Gasteiger partial charge in [0.2, 0.25) is 0 Å². The highest BCUT2D eigenvalue weighted by atomic mass is 16.5. The largest absolute Gasteiger partial charge is 0.481 e. The van der Waals surface area contributed by atoms with Gasteiger partial charge in [-0.1, -0.05) is 30.3 Å². The fraction of sp³-hybridized carbons (Fsp3) is 0.364. The van der Waals surface area contributed by atoms with Gasteiger partial charge in [-0.2, -0.15) is 0 Å². The Kier molecular flexibility index (Phi) is 3.71. The molecule has 1 aromatic carbocycles. The Balaban J connectivity index is 1.66. The molecule has 0 saturated carbocycles. The summed E-state index contributed by atoms with van der Waals surface area (Å²) < 4.78 is 8.49. The standard InChI is InChI=1S/C22H23N3O2/c1-14-15(2)25-13-18(22(26)24-11-6-12-24)17-9-10-19(16-7-4-3-5-8-16)27-20(17)21(25)23-14/h3-5,7-8,13,19H,6,9-12H2,1-2H3/t19-/m0/s1. The van der Waals surface area contributed by atoms with Crippen molar-refractivity contribution in [3.8, 4) is 5.75 Å². The van der Waals surface area contributed by atoms with Crippen LogP contribution in [0.2, 0.25) is 0 Å². The summed E-state index contributed by atoms with van der Waals surface area (Å²) in [5.41, 5.74) is 5.79. The molecule has 5 nitrogen and oxygen atoms in total. The van der Waals surface area contributed by atoms with Crippen LogP contribution in [0, 0.1) is 13.8 Å². The quantitative estimate of drug-likeness (QED) is 0.696. The van der Waals surface area contributed by atoms with E-state index in [1.54, 1.807) is 0 Å². The molecule has 5 rings (SSSR count). The van der Waals surface area contributed by atoms with Crippen LogP contribution in [-0.4, -0.2) is 33.3 Å². The van der Waals surface area contributed by atoms with Crippen molar-refractivity contribution in [3.63, 3.8) is 0 Å². The van der Waals surface area contributed by atoms with E-state index in [2.05, 4.69) is 12.1 Å². The van der Waals surface area contributed by atoms with E-state index in [9.17, 15) is 4.79 Å². The van der Waals surface area contributed by atoms with Crippen molar-refractivity contribution in [1.29, 1.82) is 0 Å². The van der Waals surface area contributed by atoms with Crippen LogP contribution < -0.4 is 4.74 Å². The number of imidazole rings is 1. The minimum Gasteiger partial charge on any atom is -0.481 e. The second-order valence-electron chi connectivity index (χ2n) is 7.53. The van der Waals surface area contributed by atoms with Gasteiger partial charge in [0, 0.05) is 30.5 Å². The predicted octanol–water partition coefficient (Wildman–Crippen LogP) is 3.86. The Morgan fingerprint density at radius 3 is 2.67 bits per heavy atom. The zero-order valence-electron chi connectivity index (χ0n) is 15.7. The molecule has 0 N–H and O–H groups in total. The number of fused-ring (bicyclic) bond motifs is 3. The third-order valence-corrected chi connectivity index (χ3v) is 5.91. The SMILES string of the molecule is Cc1nc2c3c(c(C(=O)N4CCC4)cn2c1C)CC[C@@H](c1ccccc1)O3. The molecule has 1 saturated heterocycles. The Labute approximate surface area is 158 Å². The molecular weight excluding hydrogens is 338 g/mol. The van der Waals surface area contributed by atoms with Crippen molar-refractivity contribution in [2.45, 2.75) is 39.2 Å². The third kappa shape index (κ3) is 2.52. The smallest absolute Gasteiger partial charge is 0.255 e. The van der Waals surface area contributed by atoms with Gasteiger partial charge in [-0.05, 0) is 38.7 Å². The van der Waals surface area contributed by atoms with E-state index in [1.165, 1.54) is 5.56 Å². The van der Waals surface area contributed by atoms with Gasteiger partial charge in [0.15, 0.2) is 11.4 Å². The lowest BCUT2D eigenvalue weighted by atomic mass is 9.94. The van der Waals surface area contributed by atoms with Gasteiger partial charge in [0.1, 0.15) is 6.10 Å². The summed E-state index contributed by atoms with van der Waals surface area (Å²) in [4.78, 5) is 19.7. The normalized spacial score (nSPS) is 18.7. The number of carbonyl (C=O) groups excluding carboxylic acids is 1. The topological polar surface area (TPSA) is 46.8 Å². The molecule has 27 heavy (non-hydrogen) atoms. The molecule has 0 spiro atoms. The van der Waals surface area contributed by atoms with E-state index in [1.807, 2.05) is 47.5 Å². The number of aryl methyl sites for hydroxylation is 2. The number of carbonyl (C=O) groups is 1. The highest BCUT2D eigenvalue weighted by molar-refractivity contribution is 5.97. The van der Waals surface area contributed by atoms with Crippen LogP contribution in [0.5, 0.6) is 5.75 Å². The molecule has 1 atom stereocenters. The summed E-state index contributed by atoms with van der Waals surface area (Å²) >= 11 is 0. The van der Waals surface area contributed by atoms with Crippen molar-refractivity contribution in [2.24, 2.45) is 0 Å². The van der Waals surface area contributed by atoms with Gasteiger partial charge in [0.05, 0.1) is 11.3 Å². The monoisotopic (exact) mass is 361 g/mol. The molecule has 4 heterocycles. The summed E-state index contributed by atoms with van der Waals surface area (Å²) in [5.74, 6) is 0.893. The fourth-order valence-corrected chi connectivity index (χ4v) is 4.03. The van der Waals surface area contributed by atoms with E-state index in [0.29, 0.717) is 0 Å². The van der Waals surface area contributed by atoms with E-state index >= 15 is 0 Å². The molecule has 0 aliphatic carbocycles. The maximum Gasteiger partial charge on any atom is 0.255 e. The number of rotatable bonds is 2. The Hall–Kier alpha value is -2.82. The van der Waals surface area contributed by atoms with Gasteiger partial charge in [-0.25, -0.2) is 4.98 Å². The Bertz CT molecular complexity index is 1030. The van der Waals surface area contributed by atoms with E-state index in [0.717, 1.165) is 66.3 Å². The number of hydrogen-bond acceptors (Lipinski definition) is 3. The summed E-state index contributed by atoms with van der Waals surface area (Å²) in [6.07, 6.45) is 4.74. The third-order valence-electron chi connectivity index (χ3n) is 5.91. The molecule has 2 aromatic heterocycles. The Morgan fingerprint density at radius 2 is 1.96 bits per heavy atom. The zero-order chi connectivity index (χ0) is 18.5. The highest BCUT2D eigenvalue weighted by Crippen LogP contribution is 2.40. The summed E-state index contributed by atoms with van der Waals surface area (Å²) in [7, 11) is 0. The van der Waals surface area contributed by atoms with E-state index in [4.69, 9.17) is 9.72 Å². The average molecular weight is 361 g/mol. The fourth-order valence-electron chi connectivity index (χ4n) is 4.03. The molecule has 2 aliphatic rings. The minimum absolute atomic E-state index is 0.00540. The van der Waals surface area contributed by atoms with Crippen molar-refractivity contribution in [2.75, 3.05) is 13.1 Å². The highest BCUT2D eigenvalue weighted by Gasteiger charge is 2.32. The number of benzene rings is 1. The van der Waals surface area contributed by atoms with Gasteiger partial charge in [-0.15, -0.1) is 0 Å². The molecule has 5 heteroatoms. The molecule has 1 fully saturated rings. The maximum atomic E-state index is 13.0. The number of ether oxygens (including phenoxy) is 1.